The zero-order valence-corrected chi connectivity index (χ0v) is 12.5. The van der Waals surface area contributed by atoms with Crippen molar-refractivity contribution in [3.63, 3.8) is 0 Å². The Balaban J connectivity index is 1.67. The second-order valence-electron chi connectivity index (χ2n) is 6.09. The van der Waals surface area contributed by atoms with E-state index < -0.39 is 0 Å². The number of rotatable bonds is 3. The molecule has 2 N–H and O–H groups in total. The van der Waals surface area contributed by atoms with Crippen molar-refractivity contribution in [3.05, 3.63) is 24.0 Å². The number of hydrogen-bond acceptors (Lipinski definition) is 4. The van der Waals surface area contributed by atoms with E-state index in [-0.39, 0.29) is 6.04 Å². The number of fused-ring (bicyclic) bond motifs is 1. The second kappa shape index (κ2) is 6.10. The fraction of sp³-hybridized carbons (Fsp3) is 0.688. The lowest BCUT2D eigenvalue weighted by molar-refractivity contribution is 0.133. The molecule has 2 saturated heterocycles. The molecule has 0 amide bonds. The highest BCUT2D eigenvalue weighted by Gasteiger charge is 2.28. The van der Waals surface area contributed by atoms with Gasteiger partial charge in [0.2, 0.25) is 0 Å². The van der Waals surface area contributed by atoms with Gasteiger partial charge in [-0.3, -0.25) is 9.88 Å². The fourth-order valence-corrected chi connectivity index (χ4v) is 3.40. The summed E-state index contributed by atoms with van der Waals surface area (Å²) >= 11 is 0. The molecule has 110 valence electrons. The molecule has 2 unspecified atom stereocenters. The van der Waals surface area contributed by atoms with Gasteiger partial charge in [0.1, 0.15) is 0 Å². The van der Waals surface area contributed by atoms with Crippen LogP contribution in [0.1, 0.15) is 44.3 Å². The molecule has 4 nitrogen and oxygen atoms in total. The van der Waals surface area contributed by atoms with Crippen molar-refractivity contribution in [2.75, 3.05) is 31.1 Å². The molecule has 0 radical (unpaired) electrons. The Morgan fingerprint density at radius 2 is 2.20 bits per heavy atom. The Hall–Kier alpha value is -1.13. The van der Waals surface area contributed by atoms with Crippen LogP contribution >= 0.6 is 0 Å². The first-order chi connectivity index (χ1) is 9.78. The van der Waals surface area contributed by atoms with Crippen LogP contribution in [0.3, 0.4) is 0 Å². The van der Waals surface area contributed by atoms with Gasteiger partial charge in [-0.05, 0) is 37.9 Å². The van der Waals surface area contributed by atoms with Gasteiger partial charge in [-0.2, -0.15) is 0 Å². The monoisotopic (exact) mass is 274 g/mol. The van der Waals surface area contributed by atoms with Crippen LogP contribution in [0, 0.1) is 0 Å². The van der Waals surface area contributed by atoms with Gasteiger partial charge in [0.25, 0.3) is 0 Å². The standard InChI is InChI=1S/C16H26N4/c1-2-15(17)16-7-6-13(11-18-16)20-10-9-19-8-4-3-5-14(19)12-20/h6-7,11,14-15H,2-5,8-10,12,17H2,1H3. The van der Waals surface area contributed by atoms with Gasteiger partial charge in [0.15, 0.2) is 0 Å². The number of nitrogens with zero attached hydrogens (tertiary/aromatic N) is 3. The first-order valence-electron chi connectivity index (χ1n) is 7.98. The molecular formula is C16H26N4. The number of aromatic nitrogens is 1. The van der Waals surface area contributed by atoms with Crippen molar-refractivity contribution in [1.82, 2.24) is 9.88 Å². The first-order valence-corrected chi connectivity index (χ1v) is 7.98. The lowest BCUT2D eigenvalue weighted by Gasteiger charge is -2.44. The maximum absolute atomic E-state index is 6.03. The maximum atomic E-state index is 6.03. The normalized spacial score (nSPS) is 25.3. The molecule has 0 aliphatic carbocycles. The van der Waals surface area contributed by atoms with E-state index >= 15 is 0 Å². The van der Waals surface area contributed by atoms with Crippen LogP contribution in [-0.2, 0) is 0 Å². The molecule has 1 aromatic rings. The highest BCUT2D eigenvalue weighted by molar-refractivity contribution is 5.45. The van der Waals surface area contributed by atoms with Crippen molar-refractivity contribution in [3.8, 4) is 0 Å². The summed E-state index contributed by atoms with van der Waals surface area (Å²) < 4.78 is 0. The number of pyridine rings is 1. The fourth-order valence-electron chi connectivity index (χ4n) is 3.40. The second-order valence-corrected chi connectivity index (χ2v) is 6.09. The largest absolute Gasteiger partial charge is 0.367 e. The number of nitrogens with two attached hydrogens (primary N) is 1. The summed E-state index contributed by atoms with van der Waals surface area (Å²) in [5.41, 5.74) is 8.29. The molecule has 3 heterocycles. The molecule has 4 heteroatoms. The summed E-state index contributed by atoms with van der Waals surface area (Å²) in [5, 5.41) is 0. The Morgan fingerprint density at radius 3 is 2.95 bits per heavy atom. The molecule has 1 aromatic heterocycles. The van der Waals surface area contributed by atoms with Gasteiger partial charge in [-0.1, -0.05) is 13.3 Å². The van der Waals surface area contributed by atoms with E-state index in [9.17, 15) is 0 Å². The Kier molecular flexibility index (Phi) is 4.22. The molecule has 2 aliphatic heterocycles. The zero-order valence-electron chi connectivity index (χ0n) is 12.5. The Bertz CT molecular complexity index is 431. The van der Waals surface area contributed by atoms with E-state index in [0.717, 1.165) is 31.2 Å². The van der Waals surface area contributed by atoms with Crippen molar-refractivity contribution >= 4 is 5.69 Å². The quantitative estimate of drug-likeness (QED) is 0.917. The summed E-state index contributed by atoms with van der Waals surface area (Å²) in [6.07, 6.45) is 7.05. The lowest BCUT2D eigenvalue weighted by atomic mass is 9.99. The lowest BCUT2D eigenvalue weighted by Crippen LogP contribution is -2.54. The third-order valence-electron chi connectivity index (χ3n) is 4.79. The van der Waals surface area contributed by atoms with Crippen LogP contribution in [-0.4, -0.2) is 42.1 Å². The number of anilines is 1. The highest BCUT2D eigenvalue weighted by Crippen LogP contribution is 2.25. The minimum atomic E-state index is 0.0687. The predicted octanol–water partition coefficient (Wildman–Crippen LogP) is 2.17. The van der Waals surface area contributed by atoms with E-state index in [1.807, 2.05) is 6.20 Å². The van der Waals surface area contributed by atoms with Crippen molar-refractivity contribution < 1.29 is 0 Å². The zero-order chi connectivity index (χ0) is 13.9. The minimum Gasteiger partial charge on any atom is -0.367 e. The summed E-state index contributed by atoms with van der Waals surface area (Å²) in [6.45, 7) is 6.86. The maximum Gasteiger partial charge on any atom is 0.0572 e. The van der Waals surface area contributed by atoms with Gasteiger partial charge in [-0.25, -0.2) is 0 Å². The number of piperidine rings is 1. The van der Waals surface area contributed by atoms with Gasteiger partial charge >= 0.3 is 0 Å². The van der Waals surface area contributed by atoms with Crippen LogP contribution < -0.4 is 10.6 Å². The molecule has 3 rings (SSSR count). The van der Waals surface area contributed by atoms with Crippen LogP contribution in [0.2, 0.25) is 0 Å². The van der Waals surface area contributed by atoms with Crippen LogP contribution in [0.4, 0.5) is 5.69 Å². The molecule has 2 fully saturated rings. The molecule has 2 atom stereocenters. The molecule has 0 spiro atoms. The molecule has 2 aliphatic rings. The van der Waals surface area contributed by atoms with E-state index in [0.29, 0.717) is 0 Å². The van der Waals surface area contributed by atoms with Crippen LogP contribution in [0.15, 0.2) is 18.3 Å². The van der Waals surface area contributed by atoms with E-state index in [2.05, 4.69) is 33.8 Å². The van der Waals surface area contributed by atoms with Gasteiger partial charge in [0, 0.05) is 31.7 Å². The molecule has 0 bridgehead atoms. The summed E-state index contributed by atoms with van der Waals surface area (Å²) in [7, 11) is 0. The topological polar surface area (TPSA) is 45.4 Å². The first kappa shape index (κ1) is 13.8. The summed E-state index contributed by atoms with van der Waals surface area (Å²) in [6, 6.07) is 5.10. The number of piperazine rings is 1. The SMILES string of the molecule is CCC(N)c1ccc(N2CCN3CCCCC3C2)cn1. The molecule has 20 heavy (non-hydrogen) atoms. The van der Waals surface area contributed by atoms with E-state index in [1.54, 1.807) is 0 Å². The van der Waals surface area contributed by atoms with Crippen LogP contribution in [0.5, 0.6) is 0 Å². The van der Waals surface area contributed by atoms with E-state index in [1.165, 1.54) is 38.0 Å². The smallest absolute Gasteiger partial charge is 0.0572 e. The minimum absolute atomic E-state index is 0.0687. The molecular weight excluding hydrogens is 248 g/mol. The summed E-state index contributed by atoms with van der Waals surface area (Å²) in [5.74, 6) is 0. The highest BCUT2D eigenvalue weighted by atomic mass is 15.3. The molecule has 0 aromatic carbocycles. The Morgan fingerprint density at radius 1 is 1.30 bits per heavy atom. The number of hydrogen-bond donors (Lipinski definition) is 1. The summed E-state index contributed by atoms with van der Waals surface area (Å²) in [4.78, 5) is 9.70. The van der Waals surface area contributed by atoms with Gasteiger partial charge in [-0.15, -0.1) is 0 Å². The van der Waals surface area contributed by atoms with Crippen molar-refractivity contribution in [2.24, 2.45) is 5.73 Å². The van der Waals surface area contributed by atoms with Crippen molar-refractivity contribution in [2.45, 2.75) is 44.7 Å². The predicted molar refractivity (Wildman–Crippen MR) is 82.9 cm³/mol. The Labute approximate surface area is 122 Å². The third kappa shape index (κ3) is 2.81. The van der Waals surface area contributed by atoms with Crippen LogP contribution in [0.25, 0.3) is 0 Å². The average Bonchev–Trinajstić information content (AvgIpc) is 2.54. The van der Waals surface area contributed by atoms with Gasteiger partial charge < -0.3 is 10.6 Å². The third-order valence-corrected chi connectivity index (χ3v) is 4.79. The van der Waals surface area contributed by atoms with Crippen molar-refractivity contribution in [1.29, 1.82) is 0 Å². The van der Waals surface area contributed by atoms with Gasteiger partial charge in [0.05, 0.1) is 17.6 Å². The molecule has 0 saturated carbocycles. The van der Waals surface area contributed by atoms with E-state index in [4.69, 9.17) is 5.73 Å². The average molecular weight is 274 g/mol.